The molecule has 2 heteroatoms. The molecule has 0 unspecified atom stereocenters. The summed E-state index contributed by atoms with van der Waals surface area (Å²) in [6.45, 7) is 5.76. The van der Waals surface area contributed by atoms with Crippen LogP contribution in [0.2, 0.25) is 0 Å². The molecule has 0 fully saturated rings. The first-order valence-electron chi connectivity index (χ1n) is 7.14. The predicted octanol–water partition coefficient (Wildman–Crippen LogP) is 5.11. The summed E-state index contributed by atoms with van der Waals surface area (Å²) in [6, 6.07) is 0. The van der Waals surface area contributed by atoms with Crippen LogP contribution in [0.1, 0.15) is 84.0 Å². The van der Waals surface area contributed by atoms with Gasteiger partial charge in [-0.2, -0.15) is 0 Å². The van der Waals surface area contributed by atoms with Crippen LogP contribution in [0.4, 0.5) is 0 Å². The van der Waals surface area contributed by atoms with E-state index in [0.717, 1.165) is 12.8 Å². The molecule has 1 nitrogen and oxygen atoms in total. The molecule has 98 valence electrons. The van der Waals surface area contributed by atoms with Gasteiger partial charge >= 0.3 is 29.6 Å². The van der Waals surface area contributed by atoms with Crippen molar-refractivity contribution >= 4 is 29.6 Å². The van der Waals surface area contributed by atoms with Crippen LogP contribution in [-0.4, -0.2) is 34.7 Å². The normalized spacial score (nSPS) is 9.94. The monoisotopic (exact) mass is 250 g/mol. The molecule has 0 aromatic carbocycles. The molecule has 0 aliphatic rings. The fraction of sp³-hybridized carbons (Fsp3) is 0.867. The van der Waals surface area contributed by atoms with Gasteiger partial charge in [-0.15, -0.1) is 0 Å². The second-order valence-electron chi connectivity index (χ2n) is 4.85. The van der Waals surface area contributed by atoms with Crippen LogP contribution in [0, 0.1) is 0 Å². The molecule has 0 rings (SSSR count). The van der Waals surface area contributed by atoms with Crippen molar-refractivity contribution in [2.75, 3.05) is 0 Å². The number of aliphatic hydroxyl groups excluding tert-OH is 1. The van der Waals surface area contributed by atoms with E-state index in [2.05, 4.69) is 13.5 Å². The SMILES string of the molecule is C=C(O)CCCCCCCCCCCCC.[NaH]. The number of unbranched alkanes of at least 4 members (excludes halogenated alkanes) is 10. The summed E-state index contributed by atoms with van der Waals surface area (Å²) in [5, 5.41) is 8.90. The number of rotatable bonds is 12. The molecule has 0 aliphatic heterocycles. The first-order chi connectivity index (χ1) is 7.77. The van der Waals surface area contributed by atoms with Gasteiger partial charge < -0.3 is 5.11 Å². The van der Waals surface area contributed by atoms with E-state index in [1.807, 2.05) is 0 Å². The fourth-order valence-corrected chi connectivity index (χ4v) is 1.99. The molecule has 17 heavy (non-hydrogen) atoms. The molecule has 0 radical (unpaired) electrons. The molecule has 0 spiro atoms. The zero-order valence-corrected chi connectivity index (χ0v) is 11.1. The third-order valence-corrected chi connectivity index (χ3v) is 3.07. The molecule has 0 aromatic heterocycles. The van der Waals surface area contributed by atoms with Crippen LogP contribution in [0.25, 0.3) is 0 Å². The standard InChI is InChI=1S/C15H30O.Na.H/c1-3-4-5-6-7-8-9-10-11-12-13-14-15(2)16;;/h16H,2-14H2,1H3;;. The Labute approximate surface area is 130 Å². The van der Waals surface area contributed by atoms with Gasteiger partial charge in [0, 0.05) is 6.42 Å². The zero-order valence-electron chi connectivity index (χ0n) is 11.1. The van der Waals surface area contributed by atoms with Crippen molar-refractivity contribution in [3.8, 4) is 0 Å². The summed E-state index contributed by atoms with van der Waals surface area (Å²) in [5.74, 6) is 0.343. The molecular weight excluding hydrogens is 219 g/mol. The Kier molecular flexibility index (Phi) is 19.3. The van der Waals surface area contributed by atoms with Crippen LogP contribution in [-0.2, 0) is 0 Å². The van der Waals surface area contributed by atoms with E-state index in [-0.39, 0.29) is 29.6 Å². The van der Waals surface area contributed by atoms with Crippen molar-refractivity contribution in [1.29, 1.82) is 0 Å². The van der Waals surface area contributed by atoms with Crippen molar-refractivity contribution in [3.05, 3.63) is 12.3 Å². The summed E-state index contributed by atoms with van der Waals surface area (Å²) >= 11 is 0. The molecule has 0 amide bonds. The van der Waals surface area contributed by atoms with Crippen LogP contribution in [0.3, 0.4) is 0 Å². The molecule has 0 atom stereocenters. The van der Waals surface area contributed by atoms with Crippen LogP contribution >= 0.6 is 0 Å². The summed E-state index contributed by atoms with van der Waals surface area (Å²) in [7, 11) is 0. The van der Waals surface area contributed by atoms with E-state index in [4.69, 9.17) is 5.11 Å². The molecule has 0 saturated carbocycles. The third-order valence-electron chi connectivity index (χ3n) is 3.07. The minimum atomic E-state index is 0. The fourth-order valence-electron chi connectivity index (χ4n) is 1.99. The summed E-state index contributed by atoms with van der Waals surface area (Å²) in [5.41, 5.74) is 0. The van der Waals surface area contributed by atoms with Crippen LogP contribution in [0.15, 0.2) is 12.3 Å². The van der Waals surface area contributed by atoms with Crippen molar-refractivity contribution < 1.29 is 5.11 Å². The van der Waals surface area contributed by atoms with Crippen LogP contribution < -0.4 is 0 Å². The predicted molar refractivity (Wildman–Crippen MR) is 80.0 cm³/mol. The van der Waals surface area contributed by atoms with Gasteiger partial charge in [0.2, 0.25) is 0 Å². The van der Waals surface area contributed by atoms with Crippen molar-refractivity contribution in [2.24, 2.45) is 0 Å². The molecule has 0 saturated heterocycles. The van der Waals surface area contributed by atoms with Gasteiger partial charge in [0.05, 0.1) is 5.76 Å². The number of aliphatic hydroxyl groups is 1. The maximum atomic E-state index is 8.90. The van der Waals surface area contributed by atoms with E-state index in [0.29, 0.717) is 5.76 Å². The second-order valence-corrected chi connectivity index (χ2v) is 4.85. The van der Waals surface area contributed by atoms with Gasteiger partial charge in [-0.1, -0.05) is 77.7 Å². The van der Waals surface area contributed by atoms with Crippen molar-refractivity contribution in [2.45, 2.75) is 84.0 Å². The van der Waals surface area contributed by atoms with Crippen molar-refractivity contribution in [1.82, 2.24) is 0 Å². The summed E-state index contributed by atoms with van der Waals surface area (Å²) in [4.78, 5) is 0. The molecule has 0 heterocycles. The minimum absolute atomic E-state index is 0. The quantitative estimate of drug-likeness (QED) is 0.290. The van der Waals surface area contributed by atoms with E-state index >= 15 is 0 Å². The number of hydrogen-bond acceptors (Lipinski definition) is 1. The molecular formula is C15H31NaO. The van der Waals surface area contributed by atoms with Gasteiger partial charge in [-0.25, -0.2) is 0 Å². The first-order valence-corrected chi connectivity index (χ1v) is 7.14. The number of allylic oxidation sites excluding steroid dienone is 1. The average molecular weight is 250 g/mol. The van der Waals surface area contributed by atoms with Gasteiger partial charge in [0.15, 0.2) is 0 Å². The summed E-state index contributed by atoms with van der Waals surface area (Å²) in [6.07, 6.45) is 15.7. The van der Waals surface area contributed by atoms with Crippen LogP contribution in [0.5, 0.6) is 0 Å². The third kappa shape index (κ3) is 19.1. The van der Waals surface area contributed by atoms with Gasteiger partial charge in [0.1, 0.15) is 0 Å². The number of hydrogen-bond donors (Lipinski definition) is 1. The first kappa shape index (κ1) is 19.9. The Bertz CT molecular complexity index is 157. The Hall–Kier alpha value is 0.540. The van der Waals surface area contributed by atoms with E-state index in [1.165, 1.54) is 64.2 Å². The molecule has 1 N–H and O–H groups in total. The van der Waals surface area contributed by atoms with E-state index in [9.17, 15) is 0 Å². The molecule has 0 aliphatic carbocycles. The zero-order chi connectivity index (χ0) is 12.1. The van der Waals surface area contributed by atoms with E-state index < -0.39 is 0 Å². The van der Waals surface area contributed by atoms with Gasteiger partial charge in [-0.3, -0.25) is 0 Å². The van der Waals surface area contributed by atoms with Gasteiger partial charge in [-0.05, 0) is 6.42 Å². The maximum absolute atomic E-state index is 8.90. The average Bonchev–Trinajstić information content (AvgIpc) is 2.25. The van der Waals surface area contributed by atoms with Gasteiger partial charge in [0.25, 0.3) is 0 Å². The Morgan fingerprint density at radius 3 is 1.47 bits per heavy atom. The second kappa shape index (κ2) is 16.5. The Morgan fingerprint density at radius 1 is 0.765 bits per heavy atom. The molecule has 0 aromatic rings. The Balaban J connectivity index is 0. The summed E-state index contributed by atoms with van der Waals surface area (Å²) < 4.78 is 0. The molecule has 0 bridgehead atoms. The topological polar surface area (TPSA) is 20.2 Å². The Morgan fingerprint density at radius 2 is 1.12 bits per heavy atom. The van der Waals surface area contributed by atoms with Crippen molar-refractivity contribution in [3.63, 3.8) is 0 Å². The van der Waals surface area contributed by atoms with E-state index in [1.54, 1.807) is 0 Å².